The van der Waals surface area contributed by atoms with Crippen LogP contribution in [0.15, 0.2) is 34.2 Å². The Bertz CT molecular complexity index is 1450. The Hall–Kier alpha value is -4.03. The third-order valence-electron chi connectivity index (χ3n) is 6.01. The molecule has 5 rings (SSSR count). The molecule has 0 radical (unpaired) electrons. The van der Waals surface area contributed by atoms with Gasteiger partial charge in [-0.3, -0.25) is 18.7 Å². The molecule has 0 spiro atoms. The first-order valence-corrected chi connectivity index (χ1v) is 10.7. The van der Waals surface area contributed by atoms with E-state index < -0.39 is 11.2 Å². The Morgan fingerprint density at radius 1 is 1.12 bits per heavy atom. The minimum absolute atomic E-state index is 0.0157. The summed E-state index contributed by atoms with van der Waals surface area (Å²) in [7, 11) is 3.06. The molecule has 0 bridgehead atoms. The van der Waals surface area contributed by atoms with E-state index in [-0.39, 0.29) is 11.9 Å². The summed E-state index contributed by atoms with van der Waals surface area (Å²) in [4.78, 5) is 41.7. The highest BCUT2D eigenvalue weighted by molar-refractivity contribution is 5.98. The fourth-order valence-corrected chi connectivity index (χ4v) is 4.25. The molecule has 1 saturated heterocycles. The molecular weight excluding hydrogens is 428 g/mol. The lowest BCUT2D eigenvalue weighted by Gasteiger charge is -2.38. The molecule has 1 aliphatic rings. The fraction of sp³-hybridized carbons (Fsp3) is 0.450. The highest BCUT2D eigenvalue weighted by Gasteiger charge is 2.35. The summed E-state index contributed by atoms with van der Waals surface area (Å²) in [6.45, 7) is 3.89. The Balaban J connectivity index is 1.38. The Morgan fingerprint density at radius 2 is 1.85 bits per heavy atom. The SMILES string of the molecule is CCCn1c(C(=O)N2CC(n3cc(Cn4nccn4)nn3)C2)cc2c(=O)n(C)c(=O)n(C)c21. The summed E-state index contributed by atoms with van der Waals surface area (Å²) in [6.07, 6.45) is 5.79. The molecule has 172 valence electrons. The molecule has 1 amide bonds. The highest BCUT2D eigenvalue weighted by Crippen LogP contribution is 2.25. The summed E-state index contributed by atoms with van der Waals surface area (Å²) in [5.74, 6) is -0.175. The van der Waals surface area contributed by atoms with Crippen molar-refractivity contribution in [2.75, 3.05) is 13.1 Å². The highest BCUT2D eigenvalue weighted by atomic mass is 16.2. The van der Waals surface area contributed by atoms with Crippen LogP contribution < -0.4 is 11.2 Å². The van der Waals surface area contributed by atoms with Crippen molar-refractivity contribution in [1.82, 2.24) is 48.6 Å². The number of hydrogen-bond donors (Lipinski definition) is 0. The molecule has 13 heteroatoms. The molecule has 4 aromatic heterocycles. The van der Waals surface area contributed by atoms with E-state index in [0.717, 1.165) is 16.7 Å². The van der Waals surface area contributed by atoms with E-state index in [1.54, 1.807) is 39.7 Å². The number of fused-ring (bicyclic) bond motifs is 1. The van der Waals surface area contributed by atoms with Gasteiger partial charge >= 0.3 is 5.69 Å². The number of hydrogen-bond acceptors (Lipinski definition) is 7. The van der Waals surface area contributed by atoms with Gasteiger partial charge in [0.15, 0.2) is 0 Å². The Kier molecular flexibility index (Phi) is 4.95. The van der Waals surface area contributed by atoms with E-state index in [0.29, 0.717) is 42.9 Å². The van der Waals surface area contributed by atoms with Gasteiger partial charge in [0.2, 0.25) is 0 Å². The maximum atomic E-state index is 13.3. The lowest BCUT2D eigenvalue weighted by Crippen LogP contribution is -2.51. The van der Waals surface area contributed by atoms with Gasteiger partial charge in [0, 0.05) is 33.7 Å². The zero-order valence-corrected chi connectivity index (χ0v) is 18.6. The van der Waals surface area contributed by atoms with Crippen molar-refractivity contribution >= 4 is 16.9 Å². The topological polar surface area (TPSA) is 131 Å². The third-order valence-corrected chi connectivity index (χ3v) is 6.01. The van der Waals surface area contributed by atoms with Gasteiger partial charge in [-0.2, -0.15) is 15.0 Å². The molecule has 1 fully saturated rings. The minimum Gasteiger partial charge on any atom is -0.333 e. The van der Waals surface area contributed by atoms with E-state index >= 15 is 0 Å². The van der Waals surface area contributed by atoms with Crippen molar-refractivity contribution < 1.29 is 4.79 Å². The second-order valence-electron chi connectivity index (χ2n) is 8.24. The van der Waals surface area contributed by atoms with Crippen LogP contribution in [0.4, 0.5) is 0 Å². The van der Waals surface area contributed by atoms with Crippen LogP contribution in [0.25, 0.3) is 11.0 Å². The molecule has 0 saturated carbocycles. The monoisotopic (exact) mass is 452 g/mol. The third kappa shape index (κ3) is 3.36. The second kappa shape index (κ2) is 7.83. The fourth-order valence-electron chi connectivity index (χ4n) is 4.25. The van der Waals surface area contributed by atoms with Crippen molar-refractivity contribution in [1.29, 1.82) is 0 Å². The summed E-state index contributed by atoms with van der Waals surface area (Å²) in [5.41, 5.74) is 0.792. The molecule has 0 atom stereocenters. The van der Waals surface area contributed by atoms with Crippen LogP contribution in [-0.4, -0.2) is 67.6 Å². The van der Waals surface area contributed by atoms with Gasteiger partial charge in [0.05, 0.1) is 30.0 Å². The zero-order chi connectivity index (χ0) is 23.3. The molecule has 0 aromatic carbocycles. The van der Waals surface area contributed by atoms with Crippen LogP contribution in [0, 0.1) is 0 Å². The first kappa shape index (κ1) is 20.8. The Labute approximate surface area is 187 Å². The van der Waals surface area contributed by atoms with Crippen LogP contribution in [0.5, 0.6) is 0 Å². The van der Waals surface area contributed by atoms with Crippen LogP contribution in [0.3, 0.4) is 0 Å². The molecule has 33 heavy (non-hydrogen) atoms. The first-order valence-electron chi connectivity index (χ1n) is 10.7. The van der Waals surface area contributed by atoms with Gasteiger partial charge in [-0.15, -0.1) is 5.10 Å². The quantitative estimate of drug-likeness (QED) is 0.381. The van der Waals surface area contributed by atoms with E-state index in [1.165, 1.54) is 16.4 Å². The molecule has 13 nitrogen and oxygen atoms in total. The standard InChI is InChI=1S/C20H24N10O3/c1-4-7-28-16(8-15-17(28)25(2)20(33)26(3)18(15)31)19(32)27-11-14(12-27)29-9-13(23-24-29)10-30-21-5-6-22-30/h5-6,8-9,14H,4,7,10-12H2,1-3H3. The molecule has 5 heterocycles. The number of carbonyl (C=O) groups is 1. The average molecular weight is 452 g/mol. The van der Waals surface area contributed by atoms with Crippen LogP contribution in [-0.2, 0) is 27.2 Å². The number of aryl methyl sites for hydroxylation is 2. The summed E-state index contributed by atoms with van der Waals surface area (Å²) >= 11 is 0. The Morgan fingerprint density at radius 3 is 2.55 bits per heavy atom. The number of rotatable bonds is 6. The van der Waals surface area contributed by atoms with Crippen molar-refractivity contribution in [2.45, 2.75) is 32.5 Å². The van der Waals surface area contributed by atoms with E-state index in [4.69, 9.17) is 0 Å². The van der Waals surface area contributed by atoms with Gasteiger partial charge in [-0.1, -0.05) is 12.1 Å². The number of amides is 1. The lowest BCUT2D eigenvalue weighted by molar-refractivity contribution is 0.0487. The molecule has 4 aromatic rings. The molecule has 0 aliphatic carbocycles. The largest absolute Gasteiger partial charge is 0.333 e. The van der Waals surface area contributed by atoms with Crippen molar-refractivity contribution in [3.63, 3.8) is 0 Å². The van der Waals surface area contributed by atoms with Gasteiger partial charge in [0.25, 0.3) is 11.5 Å². The van der Waals surface area contributed by atoms with Crippen molar-refractivity contribution in [3.05, 3.63) is 56.9 Å². The van der Waals surface area contributed by atoms with Crippen LogP contribution in [0.1, 0.15) is 35.6 Å². The van der Waals surface area contributed by atoms with Crippen LogP contribution in [0.2, 0.25) is 0 Å². The van der Waals surface area contributed by atoms with Gasteiger partial charge in [-0.25, -0.2) is 9.48 Å². The molecule has 0 unspecified atom stereocenters. The normalized spacial score (nSPS) is 14.2. The maximum Gasteiger partial charge on any atom is 0.332 e. The predicted octanol–water partition coefficient (Wildman–Crippen LogP) is -0.623. The van der Waals surface area contributed by atoms with Crippen molar-refractivity contribution in [3.8, 4) is 0 Å². The summed E-state index contributed by atoms with van der Waals surface area (Å²) in [6, 6.07) is 1.62. The molecular formula is C20H24N10O3. The summed E-state index contributed by atoms with van der Waals surface area (Å²) < 4.78 is 6.02. The summed E-state index contributed by atoms with van der Waals surface area (Å²) in [5, 5.41) is 16.8. The number of aromatic nitrogens is 9. The van der Waals surface area contributed by atoms with Gasteiger partial charge < -0.3 is 9.47 Å². The van der Waals surface area contributed by atoms with E-state index in [9.17, 15) is 14.4 Å². The van der Waals surface area contributed by atoms with E-state index in [1.807, 2.05) is 13.1 Å². The second-order valence-corrected chi connectivity index (χ2v) is 8.24. The first-order chi connectivity index (χ1) is 15.9. The number of carbonyl (C=O) groups excluding carboxylic acids is 1. The zero-order valence-electron chi connectivity index (χ0n) is 18.6. The van der Waals surface area contributed by atoms with Gasteiger partial charge in [-0.05, 0) is 12.5 Å². The van der Waals surface area contributed by atoms with Crippen LogP contribution >= 0.6 is 0 Å². The average Bonchev–Trinajstić information content (AvgIpc) is 3.51. The van der Waals surface area contributed by atoms with Gasteiger partial charge in [0.1, 0.15) is 23.6 Å². The van der Waals surface area contributed by atoms with E-state index in [2.05, 4.69) is 20.5 Å². The molecule has 1 aliphatic heterocycles. The maximum absolute atomic E-state index is 13.3. The predicted molar refractivity (Wildman–Crippen MR) is 117 cm³/mol. The lowest BCUT2D eigenvalue weighted by atomic mass is 10.1. The number of likely N-dealkylation sites (tertiary alicyclic amines) is 1. The smallest absolute Gasteiger partial charge is 0.332 e. The van der Waals surface area contributed by atoms with Crippen molar-refractivity contribution in [2.24, 2.45) is 14.1 Å². The molecule has 0 N–H and O–H groups in total. The minimum atomic E-state index is -0.418. The number of nitrogens with zero attached hydrogens (tertiary/aromatic N) is 10.